The molecule has 5 heteroatoms. The third kappa shape index (κ3) is 5.87. The van der Waals surface area contributed by atoms with E-state index in [9.17, 15) is 4.79 Å². The van der Waals surface area contributed by atoms with Crippen LogP contribution in [-0.4, -0.2) is 29.9 Å². The van der Waals surface area contributed by atoms with Crippen LogP contribution in [0.25, 0.3) is 0 Å². The molecule has 0 radical (unpaired) electrons. The van der Waals surface area contributed by atoms with Crippen LogP contribution in [0.4, 0.5) is 5.69 Å². The number of nitrogens with zero attached hydrogens (tertiary/aromatic N) is 3. The van der Waals surface area contributed by atoms with E-state index in [0.717, 1.165) is 37.9 Å². The summed E-state index contributed by atoms with van der Waals surface area (Å²) in [6.07, 6.45) is 5.93. The largest absolute Gasteiger partial charge is 0.373 e. The molecule has 1 aromatic rings. The van der Waals surface area contributed by atoms with E-state index in [4.69, 9.17) is 5.73 Å². The molecule has 0 aliphatic heterocycles. The first kappa shape index (κ1) is 17.7. The van der Waals surface area contributed by atoms with E-state index in [1.807, 2.05) is 7.05 Å². The molecular formula is C16H30N4O. The van der Waals surface area contributed by atoms with Gasteiger partial charge in [-0.3, -0.25) is 4.79 Å². The number of rotatable bonds is 9. The van der Waals surface area contributed by atoms with Crippen LogP contribution in [-0.2, 0) is 6.54 Å². The van der Waals surface area contributed by atoms with Crippen molar-refractivity contribution >= 4 is 5.69 Å². The van der Waals surface area contributed by atoms with E-state index in [0.29, 0.717) is 13.1 Å². The molecule has 0 aliphatic rings. The summed E-state index contributed by atoms with van der Waals surface area (Å²) in [5.74, 6) is 0. The van der Waals surface area contributed by atoms with Gasteiger partial charge in [0.1, 0.15) is 0 Å². The molecule has 0 atom stereocenters. The lowest BCUT2D eigenvalue weighted by Gasteiger charge is -2.22. The highest BCUT2D eigenvalue weighted by atomic mass is 16.1. The van der Waals surface area contributed by atoms with Gasteiger partial charge in [-0.05, 0) is 31.2 Å². The second kappa shape index (κ2) is 8.17. The molecule has 0 bridgehead atoms. The lowest BCUT2D eigenvalue weighted by Crippen LogP contribution is -2.26. The maximum absolute atomic E-state index is 12.0. The van der Waals surface area contributed by atoms with Crippen LogP contribution in [0.1, 0.15) is 46.5 Å². The standard InChI is InChI=1S/C16H30N4O/c1-5-9-19(4)14-11-15(21)20(18-12-14)10-7-6-8-16(2,3)13-17/h11-12H,5-10,13,17H2,1-4H3. The van der Waals surface area contributed by atoms with Gasteiger partial charge in [-0.1, -0.05) is 27.2 Å². The minimum atomic E-state index is -0.0199. The molecule has 0 fully saturated rings. The second-order valence-corrected chi connectivity index (χ2v) is 6.52. The Kier molecular flexibility index (Phi) is 6.89. The van der Waals surface area contributed by atoms with E-state index < -0.39 is 0 Å². The Balaban J connectivity index is 2.52. The number of anilines is 1. The van der Waals surface area contributed by atoms with Crippen LogP contribution in [0.5, 0.6) is 0 Å². The SMILES string of the molecule is CCCN(C)c1cnn(CCCCC(C)(C)CN)c(=O)c1. The molecule has 0 saturated heterocycles. The third-order valence-electron chi connectivity index (χ3n) is 3.88. The van der Waals surface area contributed by atoms with Gasteiger partial charge in [-0.2, -0.15) is 5.10 Å². The topological polar surface area (TPSA) is 64.2 Å². The van der Waals surface area contributed by atoms with Crippen molar-refractivity contribution in [3.63, 3.8) is 0 Å². The highest BCUT2D eigenvalue weighted by molar-refractivity contribution is 5.41. The Bertz CT molecular complexity index is 481. The zero-order valence-corrected chi connectivity index (χ0v) is 13.9. The van der Waals surface area contributed by atoms with Crippen LogP contribution >= 0.6 is 0 Å². The summed E-state index contributed by atoms with van der Waals surface area (Å²) < 4.78 is 1.55. The molecule has 0 spiro atoms. The molecule has 5 nitrogen and oxygen atoms in total. The number of aromatic nitrogens is 2. The van der Waals surface area contributed by atoms with Crippen LogP contribution in [0.2, 0.25) is 0 Å². The lowest BCUT2D eigenvalue weighted by atomic mass is 9.87. The Morgan fingerprint density at radius 1 is 1.38 bits per heavy atom. The zero-order valence-electron chi connectivity index (χ0n) is 13.9. The van der Waals surface area contributed by atoms with E-state index in [2.05, 4.69) is 30.8 Å². The first-order valence-electron chi connectivity index (χ1n) is 7.88. The molecule has 1 heterocycles. The summed E-state index contributed by atoms with van der Waals surface area (Å²) in [4.78, 5) is 14.1. The second-order valence-electron chi connectivity index (χ2n) is 6.52. The van der Waals surface area contributed by atoms with Crippen molar-refractivity contribution in [2.24, 2.45) is 11.1 Å². The smallest absolute Gasteiger partial charge is 0.268 e. The van der Waals surface area contributed by atoms with Crippen LogP contribution < -0.4 is 16.2 Å². The third-order valence-corrected chi connectivity index (χ3v) is 3.88. The Morgan fingerprint density at radius 3 is 2.67 bits per heavy atom. The van der Waals surface area contributed by atoms with Crippen LogP contribution in [0.15, 0.2) is 17.1 Å². The van der Waals surface area contributed by atoms with Gasteiger partial charge in [0.25, 0.3) is 5.56 Å². The summed E-state index contributed by atoms with van der Waals surface area (Å²) in [5, 5.41) is 4.27. The van der Waals surface area contributed by atoms with Gasteiger partial charge in [0, 0.05) is 26.2 Å². The van der Waals surface area contributed by atoms with Crippen molar-refractivity contribution in [2.75, 3.05) is 25.0 Å². The van der Waals surface area contributed by atoms with Gasteiger partial charge in [-0.15, -0.1) is 0 Å². The fraction of sp³-hybridized carbons (Fsp3) is 0.750. The van der Waals surface area contributed by atoms with Crippen molar-refractivity contribution in [3.8, 4) is 0 Å². The van der Waals surface area contributed by atoms with Gasteiger partial charge in [-0.25, -0.2) is 4.68 Å². The molecule has 0 aliphatic carbocycles. The first-order chi connectivity index (χ1) is 9.89. The van der Waals surface area contributed by atoms with Gasteiger partial charge in [0.05, 0.1) is 11.9 Å². The molecule has 0 amide bonds. The molecule has 120 valence electrons. The predicted octanol–water partition coefficient (Wildman–Crippen LogP) is 2.24. The van der Waals surface area contributed by atoms with Crippen LogP contribution in [0.3, 0.4) is 0 Å². The molecule has 1 aromatic heterocycles. The van der Waals surface area contributed by atoms with Gasteiger partial charge in [0.15, 0.2) is 0 Å². The van der Waals surface area contributed by atoms with E-state index in [-0.39, 0.29) is 11.0 Å². The van der Waals surface area contributed by atoms with Gasteiger partial charge >= 0.3 is 0 Å². The van der Waals surface area contributed by atoms with Crippen molar-refractivity contribution < 1.29 is 0 Å². The minimum absolute atomic E-state index is 0.0199. The summed E-state index contributed by atoms with van der Waals surface area (Å²) in [6, 6.07) is 1.67. The monoisotopic (exact) mass is 294 g/mol. The molecule has 2 N–H and O–H groups in total. The zero-order chi connectivity index (χ0) is 15.9. The Morgan fingerprint density at radius 2 is 2.10 bits per heavy atom. The van der Waals surface area contributed by atoms with E-state index in [1.165, 1.54) is 0 Å². The quantitative estimate of drug-likeness (QED) is 0.709. The average Bonchev–Trinajstić information content (AvgIpc) is 2.45. The average molecular weight is 294 g/mol. The summed E-state index contributed by atoms with van der Waals surface area (Å²) >= 11 is 0. The number of aryl methyl sites for hydroxylation is 1. The van der Waals surface area contributed by atoms with Gasteiger partial charge in [0.2, 0.25) is 0 Å². The molecule has 21 heavy (non-hydrogen) atoms. The van der Waals surface area contributed by atoms with Crippen LogP contribution in [0, 0.1) is 5.41 Å². The number of nitrogens with two attached hydrogens (primary N) is 1. The minimum Gasteiger partial charge on any atom is -0.373 e. The molecular weight excluding hydrogens is 264 g/mol. The fourth-order valence-corrected chi connectivity index (χ4v) is 2.23. The summed E-state index contributed by atoms with van der Waals surface area (Å²) in [5.41, 5.74) is 6.78. The summed E-state index contributed by atoms with van der Waals surface area (Å²) in [6.45, 7) is 8.78. The van der Waals surface area contributed by atoms with Crippen molar-refractivity contribution in [2.45, 2.75) is 53.0 Å². The summed E-state index contributed by atoms with van der Waals surface area (Å²) in [7, 11) is 1.99. The number of hydrogen-bond acceptors (Lipinski definition) is 4. The Hall–Kier alpha value is -1.36. The predicted molar refractivity (Wildman–Crippen MR) is 88.7 cm³/mol. The van der Waals surface area contributed by atoms with Crippen molar-refractivity contribution in [1.82, 2.24) is 9.78 Å². The van der Waals surface area contributed by atoms with E-state index in [1.54, 1.807) is 16.9 Å². The Labute approximate surface area is 128 Å². The lowest BCUT2D eigenvalue weighted by molar-refractivity contribution is 0.326. The molecule has 0 aromatic carbocycles. The molecule has 0 unspecified atom stereocenters. The maximum Gasteiger partial charge on any atom is 0.268 e. The number of unbranched alkanes of at least 4 members (excludes halogenated alkanes) is 1. The van der Waals surface area contributed by atoms with Crippen molar-refractivity contribution in [3.05, 3.63) is 22.6 Å². The highest BCUT2D eigenvalue weighted by Crippen LogP contribution is 2.21. The van der Waals surface area contributed by atoms with Gasteiger partial charge < -0.3 is 10.6 Å². The normalized spacial score (nSPS) is 11.7. The van der Waals surface area contributed by atoms with E-state index >= 15 is 0 Å². The maximum atomic E-state index is 12.0. The highest BCUT2D eigenvalue weighted by Gasteiger charge is 2.14. The fourth-order valence-electron chi connectivity index (χ4n) is 2.23. The number of hydrogen-bond donors (Lipinski definition) is 1. The molecule has 1 rings (SSSR count). The molecule has 0 saturated carbocycles. The van der Waals surface area contributed by atoms with Crippen molar-refractivity contribution in [1.29, 1.82) is 0 Å². The first-order valence-corrected chi connectivity index (χ1v) is 7.88.